The van der Waals surface area contributed by atoms with Crippen LogP contribution in [0.1, 0.15) is 28.0 Å². The second-order valence-electron chi connectivity index (χ2n) is 5.32. The van der Waals surface area contributed by atoms with Crippen LogP contribution in [0.2, 0.25) is 0 Å². The summed E-state index contributed by atoms with van der Waals surface area (Å²) in [5.74, 6) is -0.128. The summed E-state index contributed by atoms with van der Waals surface area (Å²) in [6.07, 6.45) is 0. The van der Waals surface area contributed by atoms with Gasteiger partial charge in [-0.05, 0) is 32.0 Å². The average molecular weight is 343 g/mol. The molecule has 1 aromatic heterocycles. The molecule has 0 saturated carbocycles. The Balaban J connectivity index is 1.89. The van der Waals surface area contributed by atoms with E-state index >= 15 is 0 Å². The monoisotopic (exact) mass is 343 g/mol. The molecule has 0 radical (unpaired) electrons. The molecule has 1 aromatic carbocycles. The lowest BCUT2D eigenvalue weighted by molar-refractivity contribution is 0.0526. The van der Waals surface area contributed by atoms with Gasteiger partial charge in [-0.15, -0.1) is 11.3 Å². The van der Waals surface area contributed by atoms with Crippen LogP contribution in [0, 0.1) is 12.3 Å². The normalized spacial score (nSPS) is 14.4. The maximum absolute atomic E-state index is 11.9. The summed E-state index contributed by atoms with van der Waals surface area (Å²) in [5.41, 5.74) is 2.36. The van der Waals surface area contributed by atoms with Crippen molar-refractivity contribution in [2.75, 3.05) is 18.1 Å². The summed E-state index contributed by atoms with van der Waals surface area (Å²) in [7, 11) is 0. The maximum Gasteiger partial charge on any atom is 0.338 e. The van der Waals surface area contributed by atoms with Crippen LogP contribution in [0.15, 0.2) is 35.4 Å². The van der Waals surface area contributed by atoms with E-state index < -0.39 is 5.97 Å². The fourth-order valence-corrected chi connectivity index (χ4v) is 3.37. The molecule has 1 aliphatic rings. The number of aryl methyl sites for hydroxylation is 1. The lowest BCUT2D eigenvalue weighted by atomic mass is 10.2. The zero-order chi connectivity index (χ0) is 17.3. The van der Waals surface area contributed by atoms with Gasteiger partial charge in [0.2, 0.25) is 0 Å². The Morgan fingerprint density at radius 2 is 2.29 bits per heavy atom. The molecule has 0 aliphatic carbocycles. The third-order valence-corrected chi connectivity index (χ3v) is 4.58. The SMILES string of the molecule is CCOC(=O)c1cccc(N2CC(O)=C(c3nc(C)cs3)C2=N)c1. The Morgan fingerprint density at radius 1 is 1.50 bits per heavy atom. The number of ether oxygens (including phenoxy) is 1. The van der Waals surface area contributed by atoms with Gasteiger partial charge in [0.25, 0.3) is 0 Å². The van der Waals surface area contributed by atoms with Crippen LogP contribution >= 0.6 is 11.3 Å². The third-order valence-electron chi connectivity index (χ3n) is 3.61. The second kappa shape index (κ2) is 6.45. The van der Waals surface area contributed by atoms with Crippen molar-refractivity contribution in [3.8, 4) is 0 Å². The molecule has 6 nitrogen and oxygen atoms in total. The van der Waals surface area contributed by atoms with Gasteiger partial charge < -0.3 is 14.7 Å². The van der Waals surface area contributed by atoms with Gasteiger partial charge in [-0.3, -0.25) is 5.41 Å². The highest BCUT2D eigenvalue weighted by atomic mass is 32.1. The predicted octanol–water partition coefficient (Wildman–Crippen LogP) is 3.39. The molecule has 1 aliphatic heterocycles. The second-order valence-corrected chi connectivity index (χ2v) is 6.18. The van der Waals surface area contributed by atoms with Gasteiger partial charge in [0, 0.05) is 16.8 Å². The Kier molecular flexibility index (Phi) is 4.35. The van der Waals surface area contributed by atoms with Crippen LogP contribution in [0.4, 0.5) is 5.69 Å². The van der Waals surface area contributed by atoms with Gasteiger partial charge >= 0.3 is 5.97 Å². The molecular weight excluding hydrogens is 326 g/mol. The van der Waals surface area contributed by atoms with Crippen molar-refractivity contribution in [3.63, 3.8) is 0 Å². The number of aromatic nitrogens is 1. The van der Waals surface area contributed by atoms with E-state index in [4.69, 9.17) is 10.1 Å². The Labute approximate surface area is 143 Å². The smallest absolute Gasteiger partial charge is 0.338 e. The molecular formula is C17H17N3O3S. The molecule has 3 rings (SSSR count). The van der Waals surface area contributed by atoms with Crippen molar-refractivity contribution in [2.45, 2.75) is 13.8 Å². The van der Waals surface area contributed by atoms with Crippen molar-refractivity contribution in [1.29, 1.82) is 5.41 Å². The number of rotatable bonds is 4. The molecule has 0 unspecified atom stereocenters. The standard InChI is InChI=1S/C17H17N3O3S/c1-3-23-17(22)11-5-4-6-12(7-11)20-8-13(21)14(15(20)18)16-19-10(2)9-24-16/h4-7,9,18,21H,3,8H2,1-2H3. The van der Waals surface area contributed by atoms with Gasteiger partial charge in [0.05, 0.1) is 24.3 Å². The van der Waals surface area contributed by atoms with E-state index in [1.807, 2.05) is 12.3 Å². The lowest BCUT2D eigenvalue weighted by Crippen LogP contribution is -2.26. The number of aliphatic hydroxyl groups excluding tert-OH is 1. The first-order valence-corrected chi connectivity index (χ1v) is 8.37. The summed E-state index contributed by atoms with van der Waals surface area (Å²) in [6.45, 7) is 4.11. The molecule has 24 heavy (non-hydrogen) atoms. The van der Waals surface area contributed by atoms with Gasteiger partial charge in [0.15, 0.2) is 0 Å². The van der Waals surface area contributed by atoms with Crippen molar-refractivity contribution < 1.29 is 14.6 Å². The molecule has 2 aromatic rings. The molecule has 124 valence electrons. The Morgan fingerprint density at radius 3 is 2.96 bits per heavy atom. The Hall–Kier alpha value is -2.67. The molecule has 2 heterocycles. The van der Waals surface area contributed by atoms with Gasteiger partial charge in [-0.25, -0.2) is 9.78 Å². The summed E-state index contributed by atoms with van der Waals surface area (Å²) in [6, 6.07) is 6.85. The number of esters is 1. The minimum absolute atomic E-state index is 0.107. The molecule has 0 spiro atoms. The highest BCUT2D eigenvalue weighted by Gasteiger charge is 2.31. The van der Waals surface area contributed by atoms with E-state index in [0.717, 1.165) is 5.69 Å². The Bertz CT molecular complexity index is 841. The number of benzene rings is 1. The molecule has 2 N–H and O–H groups in total. The number of carbonyl (C=O) groups is 1. The average Bonchev–Trinajstić information content (AvgIpc) is 3.11. The van der Waals surface area contributed by atoms with Crippen molar-refractivity contribution >= 4 is 34.4 Å². The first kappa shape index (κ1) is 16.2. The molecule has 0 atom stereocenters. The van der Waals surface area contributed by atoms with Crippen LogP contribution in [0.5, 0.6) is 0 Å². The summed E-state index contributed by atoms with van der Waals surface area (Å²) >= 11 is 1.40. The number of carbonyl (C=O) groups excluding carboxylic acids is 1. The number of hydrogen-bond donors (Lipinski definition) is 2. The van der Waals surface area contributed by atoms with E-state index in [1.165, 1.54) is 11.3 Å². The van der Waals surface area contributed by atoms with Crippen LogP contribution < -0.4 is 4.90 Å². The lowest BCUT2D eigenvalue weighted by Gasteiger charge is -2.19. The van der Waals surface area contributed by atoms with Crippen molar-refractivity contribution in [3.05, 3.63) is 51.7 Å². The maximum atomic E-state index is 11.9. The molecule has 0 amide bonds. The molecule has 7 heteroatoms. The number of amidine groups is 1. The highest BCUT2D eigenvalue weighted by Crippen LogP contribution is 2.32. The first-order chi connectivity index (χ1) is 11.5. The van der Waals surface area contributed by atoms with E-state index in [-0.39, 0.29) is 18.1 Å². The van der Waals surface area contributed by atoms with E-state index in [1.54, 1.807) is 36.1 Å². The predicted molar refractivity (Wildman–Crippen MR) is 93.9 cm³/mol. The number of aliphatic hydroxyl groups is 1. The topological polar surface area (TPSA) is 86.5 Å². The van der Waals surface area contributed by atoms with E-state index in [0.29, 0.717) is 28.4 Å². The molecule has 0 bridgehead atoms. The van der Waals surface area contributed by atoms with E-state index in [2.05, 4.69) is 4.98 Å². The number of thiazole rings is 1. The quantitative estimate of drug-likeness (QED) is 0.831. The number of nitrogens with zero attached hydrogens (tertiary/aromatic N) is 2. The fraction of sp³-hybridized carbons (Fsp3) is 0.235. The zero-order valence-electron chi connectivity index (χ0n) is 13.4. The third kappa shape index (κ3) is 2.90. The van der Waals surface area contributed by atoms with E-state index in [9.17, 15) is 9.90 Å². The van der Waals surface area contributed by atoms with Crippen LogP contribution in [0.25, 0.3) is 5.57 Å². The van der Waals surface area contributed by atoms with Crippen molar-refractivity contribution in [1.82, 2.24) is 4.98 Å². The number of hydrogen-bond acceptors (Lipinski definition) is 6. The van der Waals surface area contributed by atoms with Crippen LogP contribution in [-0.2, 0) is 4.74 Å². The first-order valence-electron chi connectivity index (χ1n) is 7.49. The summed E-state index contributed by atoms with van der Waals surface area (Å²) in [4.78, 5) is 17.9. The molecule has 0 saturated heterocycles. The number of anilines is 1. The van der Waals surface area contributed by atoms with Gasteiger partial charge in [-0.1, -0.05) is 6.07 Å². The summed E-state index contributed by atoms with van der Waals surface area (Å²) < 4.78 is 5.01. The minimum Gasteiger partial charge on any atom is -0.510 e. The summed E-state index contributed by atoms with van der Waals surface area (Å²) in [5, 5.41) is 21.2. The highest BCUT2D eigenvalue weighted by molar-refractivity contribution is 7.11. The van der Waals surface area contributed by atoms with Crippen molar-refractivity contribution in [2.24, 2.45) is 0 Å². The fourth-order valence-electron chi connectivity index (χ4n) is 2.51. The van der Waals surface area contributed by atoms with Gasteiger partial charge in [-0.2, -0.15) is 0 Å². The zero-order valence-corrected chi connectivity index (χ0v) is 14.2. The molecule has 0 fully saturated rings. The van der Waals surface area contributed by atoms with Crippen LogP contribution in [0.3, 0.4) is 0 Å². The number of nitrogens with one attached hydrogen (secondary N) is 1. The largest absolute Gasteiger partial charge is 0.510 e. The van der Waals surface area contributed by atoms with Crippen LogP contribution in [-0.4, -0.2) is 35.0 Å². The van der Waals surface area contributed by atoms with Gasteiger partial charge in [0.1, 0.15) is 16.6 Å². The minimum atomic E-state index is -0.405.